The van der Waals surface area contributed by atoms with E-state index in [0.717, 1.165) is 17.7 Å². The Bertz CT molecular complexity index is 482. The van der Waals surface area contributed by atoms with E-state index in [1.54, 1.807) is 0 Å². The minimum atomic E-state index is 0.303. The van der Waals surface area contributed by atoms with Crippen molar-refractivity contribution in [2.45, 2.75) is 26.5 Å². The zero-order valence-electron chi connectivity index (χ0n) is 9.72. The maximum absolute atomic E-state index is 5.55. The number of ether oxygens (including phenoxy) is 1. The van der Waals surface area contributed by atoms with Crippen LogP contribution in [0.15, 0.2) is 28.8 Å². The predicted octanol–water partition coefficient (Wildman–Crippen LogP) is 1.67. The summed E-state index contributed by atoms with van der Waals surface area (Å²) >= 11 is 0. The van der Waals surface area contributed by atoms with Crippen molar-refractivity contribution in [3.63, 3.8) is 0 Å². The van der Waals surface area contributed by atoms with Crippen molar-refractivity contribution >= 4 is 0 Å². The minimum absolute atomic E-state index is 0.303. The first-order chi connectivity index (χ1) is 8.31. The van der Waals surface area contributed by atoms with Gasteiger partial charge in [-0.15, -0.1) is 0 Å². The lowest BCUT2D eigenvalue weighted by molar-refractivity contribution is 0.285. The molecule has 0 amide bonds. The summed E-state index contributed by atoms with van der Waals surface area (Å²) in [5.74, 6) is 1.94. The standard InChI is InChI=1S/C12H15N3O2/c1-2-12-14-11(15-17-12)8-16-10-5-3-4-9(6-10)7-13/h3-6H,2,7-8,13H2,1H3. The van der Waals surface area contributed by atoms with Gasteiger partial charge in [0.1, 0.15) is 5.75 Å². The van der Waals surface area contributed by atoms with Crippen molar-refractivity contribution < 1.29 is 9.26 Å². The van der Waals surface area contributed by atoms with E-state index in [0.29, 0.717) is 24.9 Å². The van der Waals surface area contributed by atoms with Crippen molar-refractivity contribution in [1.82, 2.24) is 10.1 Å². The highest BCUT2D eigenvalue weighted by molar-refractivity contribution is 5.28. The molecule has 2 N–H and O–H groups in total. The van der Waals surface area contributed by atoms with Gasteiger partial charge in [-0.3, -0.25) is 0 Å². The van der Waals surface area contributed by atoms with Gasteiger partial charge in [-0.05, 0) is 17.7 Å². The summed E-state index contributed by atoms with van der Waals surface area (Å²) < 4.78 is 10.5. The van der Waals surface area contributed by atoms with Crippen LogP contribution in [0.3, 0.4) is 0 Å². The molecule has 1 heterocycles. The van der Waals surface area contributed by atoms with Gasteiger partial charge in [-0.1, -0.05) is 24.2 Å². The maximum atomic E-state index is 5.55. The zero-order chi connectivity index (χ0) is 12.1. The summed E-state index contributed by atoms with van der Waals surface area (Å²) in [4.78, 5) is 4.16. The van der Waals surface area contributed by atoms with Crippen LogP contribution in [0.1, 0.15) is 24.2 Å². The smallest absolute Gasteiger partial charge is 0.226 e. The number of aryl methyl sites for hydroxylation is 1. The van der Waals surface area contributed by atoms with Crippen LogP contribution in [0.4, 0.5) is 0 Å². The van der Waals surface area contributed by atoms with Gasteiger partial charge in [0, 0.05) is 13.0 Å². The molecule has 5 nitrogen and oxygen atoms in total. The molecule has 0 saturated carbocycles. The molecule has 90 valence electrons. The lowest BCUT2D eigenvalue weighted by Crippen LogP contribution is -2.00. The van der Waals surface area contributed by atoms with Crippen LogP contribution in [0.2, 0.25) is 0 Å². The Morgan fingerprint density at radius 2 is 2.29 bits per heavy atom. The summed E-state index contributed by atoms with van der Waals surface area (Å²) in [5, 5.41) is 3.81. The number of hydrogen-bond donors (Lipinski definition) is 1. The molecule has 0 atom stereocenters. The summed E-state index contributed by atoms with van der Waals surface area (Å²) in [6.45, 7) is 2.76. The molecule has 0 bridgehead atoms. The van der Waals surface area contributed by atoms with Crippen LogP contribution in [-0.4, -0.2) is 10.1 Å². The number of nitrogens with zero attached hydrogens (tertiary/aromatic N) is 2. The Kier molecular flexibility index (Phi) is 3.72. The van der Waals surface area contributed by atoms with Gasteiger partial charge in [-0.2, -0.15) is 4.98 Å². The predicted molar refractivity (Wildman–Crippen MR) is 62.3 cm³/mol. The average Bonchev–Trinajstić information content (AvgIpc) is 2.84. The van der Waals surface area contributed by atoms with E-state index >= 15 is 0 Å². The molecule has 0 radical (unpaired) electrons. The molecule has 0 fully saturated rings. The van der Waals surface area contributed by atoms with Crippen LogP contribution in [0, 0.1) is 0 Å². The monoisotopic (exact) mass is 233 g/mol. The third-order valence-electron chi connectivity index (χ3n) is 2.31. The van der Waals surface area contributed by atoms with E-state index in [1.807, 2.05) is 31.2 Å². The van der Waals surface area contributed by atoms with Crippen LogP contribution >= 0.6 is 0 Å². The largest absolute Gasteiger partial charge is 0.485 e. The molecular weight excluding hydrogens is 218 g/mol. The Labute approximate surface area is 99.6 Å². The molecule has 2 aromatic rings. The van der Waals surface area contributed by atoms with Crippen LogP contribution in [-0.2, 0) is 19.6 Å². The van der Waals surface area contributed by atoms with Crippen LogP contribution in [0.25, 0.3) is 0 Å². The summed E-state index contributed by atoms with van der Waals surface area (Å²) in [5.41, 5.74) is 6.58. The lowest BCUT2D eigenvalue weighted by Gasteiger charge is -2.04. The summed E-state index contributed by atoms with van der Waals surface area (Å²) in [7, 11) is 0. The molecular formula is C12H15N3O2. The van der Waals surface area contributed by atoms with Crippen LogP contribution < -0.4 is 10.5 Å². The second-order valence-electron chi connectivity index (χ2n) is 3.60. The van der Waals surface area contributed by atoms with Crippen molar-refractivity contribution in [2.75, 3.05) is 0 Å². The molecule has 2 rings (SSSR count). The van der Waals surface area contributed by atoms with Crippen molar-refractivity contribution in [1.29, 1.82) is 0 Å². The van der Waals surface area contributed by atoms with Gasteiger partial charge >= 0.3 is 0 Å². The number of benzene rings is 1. The highest BCUT2D eigenvalue weighted by atomic mass is 16.5. The fraction of sp³-hybridized carbons (Fsp3) is 0.333. The van der Waals surface area contributed by atoms with E-state index in [-0.39, 0.29) is 0 Å². The number of rotatable bonds is 5. The Morgan fingerprint density at radius 1 is 1.41 bits per heavy atom. The topological polar surface area (TPSA) is 74.2 Å². The Balaban J connectivity index is 1.96. The molecule has 0 saturated heterocycles. The summed E-state index contributed by atoms with van der Waals surface area (Å²) in [6.07, 6.45) is 0.732. The molecule has 1 aromatic heterocycles. The SMILES string of the molecule is CCc1nc(COc2cccc(CN)c2)no1. The third-order valence-corrected chi connectivity index (χ3v) is 2.31. The van der Waals surface area contributed by atoms with Gasteiger partial charge in [-0.25, -0.2) is 0 Å². The Morgan fingerprint density at radius 3 is 3.00 bits per heavy atom. The highest BCUT2D eigenvalue weighted by Gasteiger charge is 2.05. The molecule has 1 aromatic carbocycles. The van der Waals surface area contributed by atoms with Gasteiger partial charge in [0.25, 0.3) is 0 Å². The molecule has 0 aliphatic heterocycles. The zero-order valence-corrected chi connectivity index (χ0v) is 9.72. The van der Waals surface area contributed by atoms with E-state index in [4.69, 9.17) is 15.0 Å². The number of aromatic nitrogens is 2. The van der Waals surface area contributed by atoms with E-state index in [9.17, 15) is 0 Å². The lowest BCUT2D eigenvalue weighted by atomic mass is 10.2. The fourth-order valence-electron chi connectivity index (χ4n) is 1.40. The minimum Gasteiger partial charge on any atom is -0.485 e. The second kappa shape index (κ2) is 5.45. The van der Waals surface area contributed by atoms with E-state index in [2.05, 4.69) is 10.1 Å². The first-order valence-electron chi connectivity index (χ1n) is 5.55. The first kappa shape index (κ1) is 11.6. The molecule has 0 spiro atoms. The van der Waals surface area contributed by atoms with Crippen LogP contribution in [0.5, 0.6) is 5.75 Å². The van der Waals surface area contributed by atoms with E-state index in [1.165, 1.54) is 0 Å². The molecule has 0 unspecified atom stereocenters. The highest BCUT2D eigenvalue weighted by Crippen LogP contribution is 2.14. The second-order valence-corrected chi connectivity index (χ2v) is 3.60. The van der Waals surface area contributed by atoms with Crippen molar-refractivity contribution in [2.24, 2.45) is 5.73 Å². The average molecular weight is 233 g/mol. The number of hydrogen-bond acceptors (Lipinski definition) is 5. The van der Waals surface area contributed by atoms with Gasteiger partial charge in [0.05, 0.1) is 0 Å². The van der Waals surface area contributed by atoms with Gasteiger partial charge in [0.15, 0.2) is 6.61 Å². The van der Waals surface area contributed by atoms with Gasteiger partial charge in [0.2, 0.25) is 11.7 Å². The summed E-state index contributed by atoms with van der Waals surface area (Å²) in [6, 6.07) is 7.64. The van der Waals surface area contributed by atoms with Gasteiger partial charge < -0.3 is 15.0 Å². The van der Waals surface area contributed by atoms with Crippen molar-refractivity contribution in [3.8, 4) is 5.75 Å². The van der Waals surface area contributed by atoms with E-state index < -0.39 is 0 Å². The molecule has 5 heteroatoms. The third kappa shape index (κ3) is 3.04. The normalized spacial score (nSPS) is 10.5. The van der Waals surface area contributed by atoms with Crippen molar-refractivity contribution in [3.05, 3.63) is 41.5 Å². The quantitative estimate of drug-likeness (QED) is 0.850. The first-order valence-corrected chi connectivity index (χ1v) is 5.55. The fourth-order valence-corrected chi connectivity index (χ4v) is 1.40. The maximum Gasteiger partial charge on any atom is 0.226 e. The Hall–Kier alpha value is -1.88. The molecule has 0 aliphatic carbocycles. The molecule has 17 heavy (non-hydrogen) atoms. The number of nitrogens with two attached hydrogens (primary N) is 1. The molecule has 0 aliphatic rings.